The number of carbonyl (C=O) groups excluding carboxylic acids is 1. The lowest BCUT2D eigenvalue weighted by molar-refractivity contribution is -0.137. The number of carbonyl (C=O) groups is 1. The largest absolute Gasteiger partial charge is 0.356 e. The molecule has 0 spiro atoms. The summed E-state index contributed by atoms with van der Waals surface area (Å²) in [5, 5.41) is 4.15. The lowest BCUT2D eigenvalue weighted by atomic mass is 9.89. The van der Waals surface area contributed by atoms with Crippen LogP contribution >= 0.6 is 0 Å². The van der Waals surface area contributed by atoms with Crippen molar-refractivity contribution in [2.45, 2.75) is 32.1 Å². The molecule has 1 aromatic carbocycles. The molecule has 0 saturated carbocycles. The fraction of sp³-hybridized carbons (Fsp3) is 0.458. The normalized spacial score (nSPS) is 19.8. The molecule has 0 N–H and O–H groups in total. The van der Waals surface area contributed by atoms with Gasteiger partial charge in [0.25, 0.3) is 0 Å². The highest BCUT2D eigenvalue weighted by Gasteiger charge is 2.32. The maximum absolute atomic E-state index is 13.3. The Morgan fingerprint density at radius 2 is 1.78 bits per heavy atom. The second-order valence-corrected chi connectivity index (χ2v) is 8.82. The van der Waals surface area contributed by atoms with Gasteiger partial charge in [-0.3, -0.25) is 4.79 Å². The Bertz CT molecular complexity index is 1020. The topological polar surface area (TPSA) is 80.0 Å². The SMILES string of the molecule is O=C([C@@H]1CCCN(c2cc(-n3cncn3)ncn2)C1)N1CCC(Cc2ccccc2)CC1. The van der Waals surface area contributed by atoms with Crippen LogP contribution in [0.1, 0.15) is 31.2 Å². The van der Waals surface area contributed by atoms with Crippen molar-refractivity contribution in [1.29, 1.82) is 0 Å². The highest BCUT2D eigenvalue weighted by atomic mass is 16.2. The van der Waals surface area contributed by atoms with Gasteiger partial charge in [-0.2, -0.15) is 5.10 Å². The van der Waals surface area contributed by atoms with E-state index in [1.54, 1.807) is 17.3 Å². The monoisotopic (exact) mass is 431 g/mol. The Morgan fingerprint density at radius 1 is 0.969 bits per heavy atom. The van der Waals surface area contributed by atoms with Crippen LogP contribution < -0.4 is 4.90 Å². The van der Waals surface area contributed by atoms with E-state index in [1.807, 2.05) is 6.07 Å². The molecule has 2 aromatic heterocycles. The molecule has 1 atom stereocenters. The van der Waals surface area contributed by atoms with Crippen LogP contribution in [0.25, 0.3) is 5.82 Å². The number of nitrogens with zero attached hydrogens (tertiary/aromatic N) is 7. The first-order valence-electron chi connectivity index (χ1n) is 11.5. The van der Waals surface area contributed by atoms with Gasteiger partial charge in [-0.15, -0.1) is 0 Å². The van der Waals surface area contributed by atoms with E-state index in [1.165, 1.54) is 11.9 Å². The van der Waals surface area contributed by atoms with Gasteiger partial charge in [0.15, 0.2) is 5.82 Å². The molecule has 166 valence electrons. The lowest BCUT2D eigenvalue weighted by Gasteiger charge is -2.38. The Balaban J connectivity index is 1.18. The van der Waals surface area contributed by atoms with Crippen molar-refractivity contribution in [2.75, 3.05) is 31.1 Å². The van der Waals surface area contributed by atoms with Crippen molar-refractivity contribution in [3.05, 3.63) is 60.9 Å². The molecule has 2 aliphatic heterocycles. The predicted molar refractivity (Wildman–Crippen MR) is 121 cm³/mol. The molecule has 4 heterocycles. The fourth-order valence-corrected chi connectivity index (χ4v) is 4.91. The predicted octanol–water partition coefficient (Wildman–Crippen LogP) is 2.76. The molecule has 0 radical (unpaired) electrons. The molecule has 2 saturated heterocycles. The van der Waals surface area contributed by atoms with Crippen LogP contribution in [0, 0.1) is 11.8 Å². The summed E-state index contributed by atoms with van der Waals surface area (Å²) in [5.74, 6) is 2.52. The van der Waals surface area contributed by atoms with Gasteiger partial charge in [-0.25, -0.2) is 19.6 Å². The first-order chi connectivity index (χ1) is 15.8. The van der Waals surface area contributed by atoms with Gasteiger partial charge in [0, 0.05) is 32.2 Å². The van der Waals surface area contributed by atoms with Crippen molar-refractivity contribution in [2.24, 2.45) is 11.8 Å². The molecule has 0 unspecified atom stereocenters. The van der Waals surface area contributed by atoms with Crippen molar-refractivity contribution in [3.8, 4) is 5.82 Å². The van der Waals surface area contributed by atoms with Gasteiger partial charge in [-0.05, 0) is 43.6 Å². The number of hydrogen-bond acceptors (Lipinski definition) is 6. The average Bonchev–Trinajstić information content (AvgIpc) is 3.40. The lowest BCUT2D eigenvalue weighted by Crippen LogP contribution is -2.47. The van der Waals surface area contributed by atoms with E-state index in [2.05, 4.69) is 60.2 Å². The Morgan fingerprint density at radius 3 is 2.56 bits per heavy atom. The van der Waals surface area contributed by atoms with E-state index in [9.17, 15) is 4.79 Å². The number of amides is 1. The summed E-state index contributed by atoms with van der Waals surface area (Å²) < 4.78 is 1.62. The Labute approximate surface area is 188 Å². The van der Waals surface area contributed by atoms with Gasteiger partial charge in [0.1, 0.15) is 24.8 Å². The van der Waals surface area contributed by atoms with Crippen LogP contribution in [-0.2, 0) is 11.2 Å². The van der Waals surface area contributed by atoms with Crippen LogP contribution in [0.3, 0.4) is 0 Å². The number of likely N-dealkylation sites (tertiary alicyclic amines) is 1. The van der Waals surface area contributed by atoms with Crippen molar-refractivity contribution >= 4 is 11.7 Å². The second-order valence-electron chi connectivity index (χ2n) is 8.82. The van der Waals surface area contributed by atoms with E-state index >= 15 is 0 Å². The minimum atomic E-state index is 0.0270. The molecule has 3 aromatic rings. The number of benzene rings is 1. The zero-order valence-electron chi connectivity index (χ0n) is 18.3. The molecular weight excluding hydrogens is 402 g/mol. The Kier molecular flexibility index (Phi) is 6.09. The second kappa shape index (κ2) is 9.46. The fourth-order valence-electron chi connectivity index (χ4n) is 4.91. The van der Waals surface area contributed by atoms with Gasteiger partial charge in [0.05, 0.1) is 5.92 Å². The standard InChI is InChI=1S/C24H29N7O/c32-24(29-11-8-20(9-12-29)13-19-5-2-1-3-6-19)21-7-4-10-30(15-21)22-14-23(27-17-26-22)31-18-25-16-28-31/h1-3,5-6,14,16-18,20-21H,4,7-13,15H2/t21-/m1/s1. The summed E-state index contributed by atoms with van der Waals surface area (Å²) in [6.07, 6.45) is 9.88. The van der Waals surface area contributed by atoms with Crippen molar-refractivity contribution in [3.63, 3.8) is 0 Å². The third-order valence-corrected chi connectivity index (χ3v) is 6.68. The maximum atomic E-state index is 13.3. The summed E-state index contributed by atoms with van der Waals surface area (Å²) in [6, 6.07) is 12.6. The minimum Gasteiger partial charge on any atom is -0.356 e. The molecule has 2 aliphatic rings. The number of anilines is 1. The number of hydrogen-bond donors (Lipinski definition) is 0. The average molecular weight is 432 g/mol. The van der Waals surface area contributed by atoms with Crippen molar-refractivity contribution < 1.29 is 4.79 Å². The van der Waals surface area contributed by atoms with E-state index in [0.29, 0.717) is 24.2 Å². The van der Waals surface area contributed by atoms with Gasteiger partial charge in [0.2, 0.25) is 5.91 Å². The molecule has 32 heavy (non-hydrogen) atoms. The van der Waals surface area contributed by atoms with Crippen molar-refractivity contribution in [1.82, 2.24) is 29.6 Å². The van der Waals surface area contributed by atoms with Gasteiger partial charge < -0.3 is 9.80 Å². The minimum absolute atomic E-state index is 0.0270. The van der Waals surface area contributed by atoms with Crippen LogP contribution in [0.15, 0.2) is 55.4 Å². The molecule has 8 nitrogen and oxygen atoms in total. The number of piperidine rings is 2. The first-order valence-corrected chi connectivity index (χ1v) is 11.5. The van der Waals surface area contributed by atoms with E-state index < -0.39 is 0 Å². The molecule has 0 bridgehead atoms. The summed E-state index contributed by atoms with van der Waals surface area (Å²) in [4.78, 5) is 30.3. The zero-order valence-corrected chi connectivity index (χ0v) is 18.3. The van der Waals surface area contributed by atoms with Crippen LogP contribution in [0.2, 0.25) is 0 Å². The smallest absolute Gasteiger partial charge is 0.227 e. The van der Waals surface area contributed by atoms with E-state index in [4.69, 9.17) is 0 Å². The molecule has 1 amide bonds. The molecule has 0 aliphatic carbocycles. The molecule has 8 heteroatoms. The van der Waals surface area contributed by atoms with E-state index in [0.717, 1.165) is 57.6 Å². The quantitative estimate of drug-likeness (QED) is 0.618. The summed E-state index contributed by atoms with van der Waals surface area (Å²) in [6.45, 7) is 3.35. The highest BCUT2D eigenvalue weighted by molar-refractivity contribution is 5.80. The molecule has 5 rings (SSSR count). The van der Waals surface area contributed by atoms with Crippen LogP contribution in [-0.4, -0.2) is 61.7 Å². The molecular formula is C24H29N7O. The third kappa shape index (κ3) is 4.64. The maximum Gasteiger partial charge on any atom is 0.227 e. The third-order valence-electron chi connectivity index (χ3n) is 6.68. The summed E-state index contributed by atoms with van der Waals surface area (Å²) in [5.41, 5.74) is 1.40. The number of rotatable bonds is 5. The summed E-state index contributed by atoms with van der Waals surface area (Å²) in [7, 11) is 0. The highest BCUT2D eigenvalue weighted by Crippen LogP contribution is 2.27. The molecule has 2 fully saturated rings. The van der Waals surface area contributed by atoms with Gasteiger partial charge in [-0.1, -0.05) is 30.3 Å². The number of aromatic nitrogens is 5. The first kappa shape index (κ1) is 20.6. The summed E-state index contributed by atoms with van der Waals surface area (Å²) >= 11 is 0. The van der Waals surface area contributed by atoms with Crippen LogP contribution in [0.5, 0.6) is 0 Å². The van der Waals surface area contributed by atoms with E-state index in [-0.39, 0.29) is 5.92 Å². The zero-order chi connectivity index (χ0) is 21.8. The Hall–Kier alpha value is -3.29. The van der Waals surface area contributed by atoms with Crippen LogP contribution in [0.4, 0.5) is 5.82 Å². The van der Waals surface area contributed by atoms with Gasteiger partial charge >= 0.3 is 0 Å².